The Morgan fingerprint density at radius 2 is 2.20 bits per heavy atom. The molecule has 0 saturated carbocycles. The summed E-state index contributed by atoms with van der Waals surface area (Å²) in [4.78, 5) is 0. The first kappa shape index (κ1) is 12.5. The van der Waals surface area contributed by atoms with Gasteiger partial charge in [-0.25, -0.2) is 0 Å². The number of aliphatic hydroxyl groups excluding tert-OH is 1. The van der Waals surface area contributed by atoms with Crippen LogP contribution in [0.1, 0.15) is 37.6 Å². The van der Waals surface area contributed by atoms with Crippen LogP contribution in [-0.2, 0) is 13.5 Å². The van der Waals surface area contributed by atoms with Crippen LogP contribution in [0.4, 0.5) is 0 Å². The average molecular weight is 231 g/mol. The zero-order valence-corrected chi connectivity index (χ0v) is 10.4. The second-order valence-corrected chi connectivity index (χ2v) is 4.35. The number of halogens is 1. The predicted octanol–water partition coefficient (Wildman–Crippen LogP) is 2.48. The van der Waals surface area contributed by atoms with Crippen LogP contribution in [-0.4, -0.2) is 21.0 Å². The van der Waals surface area contributed by atoms with Gasteiger partial charge in [0.1, 0.15) is 0 Å². The van der Waals surface area contributed by atoms with Gasteiger partial charge < -0.3 is 5.11 Å². The molecule has 1 aromatic heterocycles. The molecule has 0 fully saturated rings. The lowest BCUT2D eigenvalue weighted by Crippen LogP contribution is -2.13. The molecule has 1 rings (SSSR count). The fourth-order valence-corrected chi connectivity index (χ4v) is 1.90. The molecule has 0 spiro atoms. The van der Waals surface area contributed by atoms with Crippen LogP contribution in [0, 0.1) is 6.92 Å². The van der Waals surface area contributed by atoms with E-state index in [1.54, 1.807) is 4.68 Å². The second-order valence-electron chi connectivity index (χ2n) is 3.97. The highest BCUT2D eigenvalue weighted by Crippen LogP contribution is 2.21. The average Bonchev–Trinajstić information content (AvgIpc) is 2.42. The molecule has 1 heterocycles. The normalized spacial score (nSPS) is 13.1. The molecule has 1 N–H and O–H groups in total. The highest BCUT2D eigenvalue weighted by atomic mass is 35.5. The first-order valence-electron chi connectivity index (χ1n) is 5.42. The third-order valence-corrected chi connectivity index (χ3v) is 3.07. The number of unbranched alkanes of at least 4 members (excludes halogenated alkanes) is 1. The maximum Gasteiger partial charge on any atom is 0.0847 e. The van der Waals surface area contributed by atoms with Crippen molar-refractivity contribution in [1.82, 2.24) is 9.78 Å². The molecule has 0 aliphatic heterocycles. The number of rotatable bonds is 5. The van der Waals surface area contributed by atoms with Crippen molar-refractivity contribution in [3.8, 4) is 0 Å². The Balaban J connectivity index is 2.63. The Kier molecular flexibility index (Phi) is 4.61. The van der Waals surface area contributed by atoms with Crippen LogP contribution in [0.5, 0.6) is 0 Å². The van der Waals surface area contributed by atoms with E-state index in [4.69, 9.17) is 11.6 Å². The minimum Gasteiger partial charge on any atom is -0.393 e. The fraction of sp³-hybridized carbons (Fsp3) is 0.727. The third kappa shape index (κ3) is 3.21. The van der Waals surface area contributed by atoms with Crippen LogP contribution in [0.15, 0.2) is 0 Å². The van der Waals surface area contributed by atoms with Crippen molar-refractivity contribution in [2.75, 3.05) is 0 Å². The Hall–Kier alpha value is -0.540. The lowest BCUT2D eigenvalue weighted by Gasteiger charge is -2.10. The topological polar surface area (TPSA) is 38.1 Å². The highest BCUT2D eigenvalue weighted by Gasteiger charge is 2.14. The lowest BCUT2D eigenvalue weighted by molar-refractivity contribution is 0.159. The van der Waals surface area contributed by atoms with Crippen LogP contribution < -0.4 is 0 Å². The summed E-state index contributed by atoms with van der Waals surface area (Å²) in [6.07, 6.45) is 3.27. The number of hydrogen-bond donors (Lipinski definition) is 1. The Morgan fingerprint density at radius 1 is 1.53 bits per heavy atom. The summed E-state index contributed by atoms with van der Waals surface area (Å²) in [7, 11) is 1.86. The molecule has 0 aliphatic carbocycles. The molecule has 0 aromatic carbocycles. The van der Waals surface area contributed by atoms with Gasteiger partial charge in [0.05, 0.1) is 22.5 Å². The van der Waals surface area contributed by atoms with E-state index in [1.165, 1.54) is 0 Å². The van der Waals surface area contributed by atoms with E-state index in [0.29, 0.717) is 11.4 Å². The zero-order chi connectivity index (χ0) is 11.4. The van der Waals surface area contributed by atoms with Gasteiger partial charge in [-0.15, -0.1) is 0 Å². The van der Waals surface area contributed by atoms with E-state index >= 15 is 0 Å². The Labute approximate surface area is 96.1 Å². The summed E-state index contributed by atoms with van der Waals surface area (Å²) in [5.74, 6) is 0. The number of aryl methyl sites for hydroxylation is 2. The van der Waals surface area contributed by atoms with Gasteiger partial charge in [0.25, 0.3) is 0 Å². The Morgan fingerprint density at radius 3 is 2.67 bits per heavy atom. The van der Waals surface area contributed by atoms with Crippen molar-refractivity contribution in [3.05, 3.63) is 16.4 Å². The summed E-state index contributed by atoms with van der Waals surface area (Å²) in [6.45, 7) is 4.00. The summed E-state index contributed by atoms with van der Waals surface area (Å²) >= 11 is 6.10. The molecule has 0 amide bonds. The van der Waals surface area contributed by atoms with E-state index in [0.717, 1.165) is 30.7 Å². The van der Waals surface area contributed by atoms with Gasteiger partial charge in [0.15, 0.2) is 0 Å². The van der Waals surface area contributed by atoms with Crippen LogP contribution in [0.3, 0.4) is 0 Å². The predicted molar refractivity (Wildman–Crippen MR) is 62.2 cm³/mol. The number of aromatic nitrogens is 2. The molecule has 1 unspecified atom stereocenters. The lowest BCUT2D eigenvalue weighted by atomic mass is 10.1. The molecule has 15 heavy (non-hydrogen) atoms. The van der Waals surface area contributed by atoms with Gasteiger partial charge >= 0.3 is 0 Å². The molecule has 3 nitrogen and oxygen atoms in total. The van der Waals surface area contributed by atoms with Crippen molar-refractivity contribution in [2.45, 2.75) is 45.6 Å². The minimum atomic E-state index is -0.308. The van der Waals surface area contributed by atoms with E-state index in [2.05, 4.69) is 12.0 Å². The number of hydrogen-bond acceptors (Lipinski definition) is 2. The van der Waals surface area contributed by atoms with E-state index in [9.17, 15) is 5.11 Å². The SMILES string of the molecule is CCCCC(O)Cc1c(Cl)c(C)nn1C. The fourth-order valence-electron chi connectivity index (χ4n) is 1.67. The summed E-state index contributed by atoms with van der Waals surface area (Å²) in [6, 6.07) is 0. The van der Waals surface area contributed by atoms with Gasteiger partial charge in [-0.05, 0) is 13.3 Å². The van der Waals surface area contributed by atoms with Gasteiger partial charge in [0, 0.05) is 13.5 Å². The smallest absolute Gasteiger partial charge is 0.0847 e. The molecule has 4 heteroatoms. The molecule has 1 atom stereocenters. The van der Waals surface area contributed by atoms with Crippen molar-refractivity contribution in [2.24, 2.45) is 7.05 Å². The molecule has 0 saturated heterocycles. The quantitative estimate of drug-likeness (QED) is 0.844. The number of aliphatic hydroxyl groups is 1. The maximum absolute atomic E-state index is 9.79. The van der Waals surface area contributed by atoms with Crippen molar-refractivity contribution in [3.63, 3.8) is 0 Å². The number of nitrogens with zero attached hydrogens (tertiary/aromatic N) is 2. The van der Waals surface area contributed by atoms with Gasteiger partial charge in [0.2, 0.25) is 0 Å². The molecule has 0 aliphatic rings. The molecule has 0 bridgehead atoms. The largest absolute Gasteiger partial charge is 0.393 e. The maximum atomic E-state index is 9.79. The molecule has 86 valence electrons. The van der Waals surface area contributed by atoms with Gasteiger partial charge in [-0.3, -0.25) is 4.68 Å². The van der Waals surface area contributed by atoms with Crippen molar-refractivity contribution >= 4 is 11.6 Å². The molecule has 0 radical (unpaired) electrons. The van der Waals surface area contributed by atoms with Crippen LogP contribution >= 0.6 is 11.6 Å². The molecular weight excluding hydrogens is 212 g/mol. The summed E-state index contributed by atoms with van der Waals surface area (Å²) < 4.78 is 1.76. The first-order valence-corrected chi connectivity index (χ1v) is 5.80. The van der Waals surface area contributed by atoms with E-state index < -0.39 is 0 Å². The molecule has 1 aromatic rings. The van der Waals surface area contributed by atoms with Gasteiger partial charge in [-0.1, -0.05) is 31.4 Å². The van der Waals surface area contributed by atoms with Crippen molar-refractivity contribution < 1.29 is 5.11 Å². The minimum absolute atomic E-state index is 0.308. The first-order chi connectivity index (χ1) is 7.06. The standard InChI is InChI=1S/C11H19ClN2O/c1-4-5-6-9(15)7-10-11(12)8(2)13-14(10)3/h9,15H,4-7H2,1-3H3. The summed E-state index contributed by atoms with van der Waals surface area (Å²) in [5, 5.41) is 14.7. The molecular formula is C11H19ClN2O. The Bertz CT molecular complexity index is 323. The van der Waals surface area contributed by atoms with E-state index in [1.807, 2.05) is 14.0 Å². The van der Waals surface area contributed by atoms with E-state index in [-0.39, 0.29) is 6.10 Å². The van der Waals surface area contributed by atoms with Crippen LogP contribution in [0.25, 0.3) is 0 Å². The van der Waals surface area contributed by atoms with Crippen LogP contribution in [0.2, 0.25) is 5.02 Å². The van der Waals surface area contributed by atoms with Gasteiger partial charge in [-0.2, -0.15) is 5.10 Å². The monoisotopic (exact) mass is 230 g/mol. The van der Waals surface area contributed by atoms with Crippen molar-refractivity contribution in [1.29, 1.82) is 0 Å². The third-order valence-electron chi connectivity index (χ3n) is 2.58. The zero-order valence-electron chi connectivity index (χ0n) is 9.63. The highest BCUT2D eigenvalue weighted by molar-refractivity contribution is 6.31. The summed E-state index contributed by atoms with van der Waals surface area (Å²) in [5.41, 5.74) is 1.76. The second kappa shape index (κ2) is 5.52.